The van der Waals surface area contributed by atoms with Gasteiger partial charge in [0.1, 0.15) is 5.82 Å². The van der Waals surface area contributed by atoms with E-state index in [0.29, 0.717) is 0 Å². The van der Waals surface area contributed by atoms with Gasteiger partial charge in [-0.05, 0) is 44.5 Å². The molecule has 2 N–H and O–H groups in total. The first-order valence-corrected chi connectivity index (χ1v) is 12.9. The molecule has 1 amide bonds. The van der Waals surface area contributed by atoms with Crippen molar-refractivity contribution in [1.29, 1.82) is 0 Å². The van der Waals surface area contributed by atoms with Crippen molar-refractivity contribution in [3.8, 4) is 11.5 Å². The molecule has 0 aliphatic heterocycles. The van der Waals surface area contributed by atoms with Crippen molar-refractivity contribution < 1.29 is 14.3 Å². The summed E-state index contributed by atoms with van der Waals surface area (Å²) in [5.41, 5.74) is 2.18. The van der Waals surface area contributed by atoms with Gasteiger partial charge in [0, 0.05) is 66.6 Å². The molecule has 10 heteroatoms. The summed E-state index contributed by atoms with van der Waals surface area (Å²) in [6, 6.07) is 8.10. The van der Waals surface area contributed by atoms with Crippen molar-refractivity contribution in [2.24, 2.45) is 4.99 Å². The Morgan fingerprint density at radius 1 is 1.03 bits per heavy atom. The first-order valence-electron chi connectivity index (χ1n) is 12.9. The first-order chi connectivity index (χ1) is 18.2. The van der Waals surface area contributed by atoms with Crippen LogP contribution in [0, 0.1) is 6.92 Å². The minimum atomic E-state index is 0.203. The molecule has 0 spiro atoms. The van der Waals surface area contributed by atoms with Crippen LogP contribution < -0.4 is 20.1 Å². The largest absolute Gasteiger partial charge is 0.493 e. The van der Waals surface area contributed by atoms with E-state index in [0.717, 1.165) is 61.2 Å². The molecule has 0 aliphatic rings. The number of amides is 1. The zero-order valence-corrected chi connectivity index (χ0v) is 25.4. The predicted molar refractivity (Wildman–Crippen MR) is 158 cm³/mol. The van der Waals surface area contributed by atoms with E-state index in [1.807, 2.05) is 71.0 Å². The number of aliphatic imine (C=N–C) groups is 1. The zero-order chi connectivity index (χ0) is 29.3. The summed E-state index contributed by atoms with van der Waals surface area (Å²) in [5, 5.41) is 6.87. The van der Waals surface area contributed by atoms with Crippen LogP contribution in [0.25, 0.3) is 0 Å². The molecule has 1 aromatic carbocycles. The third kappa shape index (κ3) is 18.9. The Balaban J connectivity index is 0. The van der Waals surface area contributed by atoms with Crippen molar-refractivity contribution in [2.75, 3.05) is 62.0 Å². The minimum Gasteiger partial charge on any atom is -0.493 e. The van der Waals surface area contributed by atoms with Crippen molar-refractivity contribution in [3.05, 3.63) is 47.5 Å². The van der Waals surface area contributed by atoms with E-state index in [-0.39, 0.29) is 6.04 Å². The summed E-state index contributed by atoms with van der Waals surface area (Å²) in [6.45, 7) is 13.4. The van der Waals surface area contributed by atoms with E-state index in [9.17, 15) is 4.79 Å². The van der Waals surface area contributed by atoms with Gasteiger partial charge < -0.3 is 29.9 Å². The number of rotatable bonds is 12. The minimum absolute atomic E-state index is 0.203. The SMILES string of the molecule is CC.CCN=CN(C)C.CN(C)C=O.COc1ccc(CNCCNC(C)c2ccnc(C)n2)cc1OC. The average Bonchev–Trinajstić information content (AvgIpc) is 2.93. The van der Waals surface area contributed by atoms with Gasteiger partial charge in [0.05, 0.1) is 26.3 Å². The van der Waals surface area contributed by atoms with Gasteiger partial charge in [0.2, 0.25) is 6.41 Å². The van der Waals surface area contributed by atoms with Crippen LogP contribution in [-0.2, 0) is 11.3 Å². The Morgan fingerprint density at radius 3 is 2.13 bits per heavy atom. The van der Waals surface area contributed by atoms with Gasteiger partial charge in [-0.1, -0.05) is 19.9 Å². The molecule has 0 saturated carbocycles. The van der Waals surface area contributed by atoms with Crippen molar-refractivity contribution in [1.82, 2.24) is 30.4 Å². The Labute approximate surface area is 230 Å². The van der Waals surface area contributed by atoms with Crippen LogP contribution in [0.15, 0.2) is 35.5 Å². The maximum absolute atomic E-state index is 9.43. The molecular formula is C28H51N7O3. The third-order valence-electron chi connectivity index (χ3n) is 4.48. The van der Waals surface area contributed by atoms with Gasteiger partial charge in [0.15, 0.2) is 11.5 Å². The number of aryl methyl sites for hydroxylation is 1. The van der Waals surface area contributed by atoms with Gasteiger partial charge >= 0.3 is 0 Å². The molecule has 0 bridgehead atoms. The standard InChI is InChI=1S/C18H26N4O2.C5H12N2.C3H7NO.C2H6/c1-13(16-7-8-21-14(2)22-16)20-10-9-19-12-15-5-6-17(23-3)18(11-15)24-4;1-4-6-5-7(2)3;1-4(2)3-5;1-2/h5-8,11,13,19-20H,9-10,12H2,1-4H3;5H,4H2,1-3H3;3H,1-2H3;1-2H3. The molecule has 38 heavy (non-hydrogen) atoms. The smallest absolute Gasteiger partial charge is 0.209 e. The maximum Gasteiger partial charge on any atom is 0.209 e. The van der Waals surface area contributed by atoms with Crippen LogP contribution in [0.4, 0.5) is 0 Å². The summed E-state index contributed by atoms with van der Waals surface area (Å²) in [4.78, 5) is 25.3. The Kier molecular flexibility index (Phi) is 23.4. The lowest BCUT2D eigenvalue weighted by molar-refractivity contribution is -0.115. The normalized spacial score (nSPS) is 10.5. The fraction of sp³-hybridized carbons (Fsp3) is 0.571. The molecular weight excluding hydrogens is 482 g/mol. The number of hydrogen-bond donors (Lipinski definition) is 2. The van der Waals surface area contributed by atoms with E-state index in [4.69, 9.17) is 9.47 Å². The number of carbonyl (C=O) groups excluding carboxylic acids is 1. The number of aromatic nitrogens is 2. The molecule has 1 aromatic heterocycles. The highest BCUT2D eigenvalue weighted by molar-refractivity contribution is 5.53. The molecule has 1 unspecified atom stereocenters. The number of hydrogen-bond acceptors (Lipinski definition) is 8. The molecule has 216 valence electrons. The van der Waals surface area contributed by atoms with E-state index in [1.165, 1.54) is 4.90 Å². The average molecular weight is 534 g/mol. The van der Waals surface area contributed by atoms with E-state index in [2.05, 4.69) is 32.5 Å². The fourth-order valence-electron chi connectivity index (χ4n) is 2.67. The van der Waals surface area contributed by atoms with Crippen LogP contribution in [-0.4, -0.2) is 94.6 Å². The summed E-state index contributed by atoms with van der Waals surface area (Å²) in [5.74, 6) is 2.30. The lowest BCUT2D eigenvalue weighted by Gasteiger charge is -2.14. The Bertz CT molecular complexity index is 877. The topological polar surface area (TPSA) is 104 Å². The van der Waals surface area contributed by atoms with Crippen molar-refractivity contribution in [3.63, 3.8) is 0 Å². The summed E-state index contributed by atoms with van der Waals surface area (Å²) < 4.78 is 10.6. The van der Waals surface area contributed by atoms with E-state index in [1.54, 1.807) is 40.9 Å². The third-order valence-corrected chi connectivity index (χ3v) is 4.48. The summed E-state index contributed by atoms with van der Waals surface area (Å²) in [7, 11) is 10.6. The number of benzene rings is 1. The molecule has 0 aliphatic carbocycles. The molecule has 2 rings (SSSR count). The van der Waals surface area contributed by atoms with Crippen LogP contribution in [0.5, 0.6) is 11.5 Å². The molecule has 0 fully saturated rings. The molecule has 1 heterocycles. The zero-order valence-electron chi connectivity index (χ0n) is 25.4. The molecule has 1 atom stereocenters. The number of nitrogens with zero attached hydrogens (tertiary/aromatic N) is 5. The second-order valence-electron chi connectivity index (χ2n) is 8.22. The highest BCUT2D eigenvalue weighted by Crippen LogP contribution is 2.27. The Morgan fingerprint density at radius 2 is 1.66 bits per heavy atom. The Hall–Kier alpha value is -3.24. The monoisotopic (exact) mass is 533 g/mol. The quantitative estimate of drug-likeness (QED) is 0.185. The number of carbonyl (C=O) groups is 1. The first kappa shape index (κ1) is 36.9. The van der Waals surface area contributed by atoms with Gasteiger partial charge in [-0.25, -0.2) is 9.97 Å². The second kappa shape index (κ2) is 24.1. The highest BCUT2D eigenvalue weighted by Gasteiger charge is 2.07. The summed E-state index contributed by atoms with van der Waals surface area (Å²) in [6.07, 6.45) is 4.35. The summed E-state index contributed by atoms with van der Waals surface area (Å²) >= 11 is 0. The number of methoxy groups -OCH3 is 2. The molecule has 10 nitrogen and oxygen atoms in total. The maximum atomic E-state index is 9.43. The van der Waals surface area contributed by atoms with Gasteiger partial charge in [-0.2, -0.15) is 0 Å². The molecule has 0 radical (unpaired) electrons. The van der Waals surface area contributed by atoms with E-state index >= 15 is 0 Å². The number of ether oxygens (including phenoxy) is 2. The molecule has 0 saturated heterocycles. The highest BCUT2D eigenvalue weighted by atomic mass is 16.5. The predicted octanol–water partition coefficient (Wildman–Crippen LogP) is 3.57. The molecule has 2 aromatic rings. The lowest BCUT2D eigenvalue weighted by Crippen LogP contribution is -2.29. The van der Waals surface area contributed by atoms with E-state index < -0.39 is 0 Å². The van der Waals surface area contributed by atoms with Gasteiger partial charge in [-0.3, -0.25) is 9.79 Å². The van der Waals surface area contributed by atoms with Crippen LogP contribution in [0.1, 0.15) is 50.8 Å². The number of nitrogens with one attached hydrogen (secondary N) is 2. The van der Waals surface area contributed by atoms with Crippen LogP contribution >= 0.6 is 0 Å². The van der Waals surface area contributed by atoms with Crippen molar-refractivity contribution in [2.45, 2.75) is 47.2 Å². The lowest BCUT2D eigenvalue weighted by atomic mass is 10.2. The second-order valence-corrected chi connectivity index (χ2v) is 8.22. The van der Waals surface area contributed by atoms with Gasteiger partial charge in [-0.15, -0.1) is 0 Å². The fourth-order valence-corrected chi connectivity index (χ4v) is 2.67. The van der Waals surface area contributed by atoms with Crippen molar-refractivity contribution >= 4 is 12.7 Å². The van der Waals surface area contributed by atoms with Gasteiger partial charge in [0.25, 0.3) is 0 Å². The van der Waals surface area contributed by atoms with Crippen LogP contribution in [0.2, 0.25) is 0 Å². The van der Waals surface area contributed by atoms with Crippen LogP contribution in [0.3, 0.4) is 0 Å².